The van der Waals surface area contributed by atoms with Crippen LogP contribution in [0.4, 0.5) is 22.0 Å². The quantitative estimate of drug-likeness (QED) is 0.446. The van der Waals surface area contributed by atoms with Crippen molar-refractivity contribution in [1.29, 1.82) is 0 Å². The molecular weight excluding hydrogens is 447 g/mol. The van der Waals surface area contributed by atoms with Crippen molar-refractivity contribution in [1.82, 2.24) is 29.7 Å². The number of piperidine rings is 1. The molecule has 0 unspecified atom stereocenters. The molecule has 10 heteroatoms. The maximum atomic E-state index is 14.7. The van der Waals surface area contributed by atoms with E-state index in [2.05, 4.69) is 39.2 Å². The van der Waals surface area contributed by atoms with Crippen molar-refractivity contribution in [3.8, 4) is 11.1 Å². The lowest BCUT2D eigenvalue weighted by Gasteiger charge is -2.38. The number of halogens is 1. The number of rotatable bonds is 5. The van der Waals surface area contributed by atoms with Gasteiger partial charge in [-0.05, 0) is 31.4 Å². The van der Waals surface area contributed by atoms with Crippen LogP contribution in [0, 0.1) is 0 Å². The fourth-order valence-electron chi connectivity index (χ4n) is 4.48. The van der Waals surface area contributed by atoms with Crippen LogP contribution >= 0.6 is 0 Å². The van der Waals surface area contributed by atoms with Gasteiger partial charge in [0.05, 0.1) is 24.5 Å². The normalized spacial score (nSPS) is 20.5. The third-order valence-corrected chi connectivity index (χ3v) is 6.41. The molecule has 1 fully saturated rings. The van der Waals surface area contributed by atoms with Gasteiger partial charge in [0.25, 0.3) is 0 Å². The number of aliphatic hydroxyl groups is 1. The van der Waals surface area contributed by atoms with Crippen LogP contribution in [-0.4, -0.2) is 59.7 Å². The molecule has 0 aliphatic carbocycles. The smallest absolute Gasteiger partial charge is 0.227 e. The highest BCUT2D eigenvalue weighted by atomic mass is 19.1. The van der Waals surface area contributed by atoms with Gasteiger partial charge in [-0.3, -0.25) is 9.67 Å². The van der Waals surface area contributed by atoms with Gasteiger partial charge in [0.2, 0.25) is 5.95 Å². The molecule has 4 aromatic heterocycles. The molecule has 1 aliphatic heterocycles. The number of fused-ring (bicyclic) bond motifs is 1. The Bertz CT molecular complexity index is 1370. The number of nitrogens with one attached hydrogen (secondary N) is 1. The molecule has 9 nitrogen and oxygen atoms in total. The van der Waals surface area contributed by atoms with E-state index in [1.165, 1.54) is 6.92 Å². The minimum absolute atomic E-state index is 0.0341. The first-order chi connectivity index (χ1) is 16.7. The molecule has 0 spiro atoms. The number of anilines is 3. The van der Waals surface area contributed by atoms with E-state index < -0.39 is 11.8 Å². The minimum Gasteiger partial charge on any atom is -0.390 e. The Hall–Kier alpha value is -3.66. The van der Waals surface area contributed by atoms with Gasteiger partial charge < -0.3 is 15.3 Å². The summed E-state index contributed by atoms with van der Waals surface area (Å²) in [5.74, 6) is 1.82. The van der Waals surface area contributed by atoms with E-state index in [4.69, 9.17) is 4.98 Å². The number of hydrogen-bond donors (Lipinski definition) is 2. The molecule has 35 heavy (non-hydrogen) atoms. The number of nitrogens with zero attached hydrogens (tertiary/aromatic N) is 7. The first-order valence-electron chi connectivity index (χ1n) is 11.7. The zero-order chi connectivity index (χ0) is 24.7. The van der Waals surface area contributed by atoms with Crippen LogP contribution in [0.15, 0.2) is 43.1 Å². The molecule has 5 heterocycles. The molecule has 0 amide bonds. The molecule has 0 bridgehead atoms. The van der Waals surface area contributed by atoms with E-state index in [9.17, 15) is 9.50 Å². The van der Waals surface area contributed by atoms with Gasteiger partial charge in [-0.15, -0.1) is 0 Å². The van der Waals surface area contributed by atoms with Crippen molar-refractivity contribution < 1.29 is 9.50 Å². The number of aryl methyl sites for hydroxylation is 1. The maximum absolute atomic E-state index is 14.7. The monoisotopic (exact) mass is 476 g/mol. The highest BCUT2D eigenvalue weighted by molar-refractivity contribution is 5.98. The SMILES string of the molecule is CC(C)c1ncc(-c2cnn(C)c2)c2cnc(Nc3ccnc(N4CC[C@@H](O)[C@@](C)(F)C4)n3)cc12. The van der Waals surface area contributed by atoms with Gasteiger partial charge in [0.1, 0.15) is 11.6 Å². The van der Waals surface area contributed by atoms with Crippen LogP contribution in [0.2, 0.25) is 0 Å². The third kappa shape index (κ3) is 4.53. The summed E-state index contributed by atoms with van der Waals surface area (Å²) in [7, 11) is 1.89. The molecule has 1 aliphatic rings. The molecule has 4 aromatic rings. The van der Waals surface area contributed by atoms with E-state index in [1.54, 1.807) is 21.8 Å². The number of pyridine rings is 2. The lowest BCUT2D eigenvalue weighted by molar-refractivity contribution is -0.00860. The fourth-order valence-corrected chi connectivity index (χ4v) is 4.48. The van der Waals surface area contributed by atoms with E-state index in [-0.39, 0.29) is 12.5 Å². The van der Waals surface area contributed by atoms with Gasteiger partial charge in [0.15, 0.2) is 5.67 Å². The summed E-state index contributed by atoms with van der Waals surface area (Å²) < 4.78 is 16.4. The van der Waals surface area contributed by atoms with Gasteiger partial charge in [-0.1, -0.05) is 13.8 Å². The zero-order valence-electron chi connectivity index (χ0n) is 20.3. The first-order valence-corrected chi connectivity index (χ1v) is 11.7. The number of hydrogen-bond acceptors (Lipinski definition) is 8. The van der Waals surface area contributed by atoms with Crippen molar-refractivity contribution in [2.24, 2.45) is 7.05 Å². The lowest BCUT2D eigenvalue weighted by atomic mass is 9.94. The topological polar surface area (TPSA) is 105 Å². The second kappa shape index (κ2) is 8.84. The largest absolute Gasteiger partial charge is 0.390 e. The van der Waals surface area contributed by atoms with Crippen molar-refractivity contribution in [2.75, 3.05) is 23.3 Å². The Morgan fingerprint density at radius 1 is 1.14 bits per heavy atom. The second-order valence-corrected chi connectivity index (χ2v) is 9.60. The number of aliphatic hydroxyl groups excluding tert-OH is 1. The van der Waals surface area contributed by atoms with Crippen LogP contribution in [0.25, 0.3) is 21.9 Å². The Morgan fingerprint density at radius 2 is 1.97 bits per heavy atom. The van der Waals surface area contributed by atoms with Crippen LogP contribution in [-0.2, 0) is 7.05 Å². The number of aromatic nitrogens is 6. The fraction of sp³-hybridized carbons (Fsp3) is 0.400. The summed E-state index contributed by atoms with van der Waals surface area (Å²) in [4.78, 5) is 20.0. The summed E-state index contributed by atoms with van der Waals surface area (Å²) in [5, 5.41) is 19.5. The van der Waals surface area contributed by atoms with Gasteiger partial charge in [-0.25, -0.2) is 14.4 Å². The summed E-state index contributed by atoms with van der Waals surface area (Å²) in [6.07, 6.45) is 8.48. The summed E-state index contributed by atoms with van der Waals surface area (Å²) in [5.41, 5.74) is 1.23. The second-order valence-electron chi connectivity index (χ2n) is 9.60. The van der Waals surface area contributed by atoms with E-state index in [0.29, 0.717) is 30.5 Å². The zero-order valence-corrected chi connectivity index (χ0v) is 20.3. The van der Waals surface area contributed by atoms with Crippen molar-refractivity contribution in [3.63, 3.8) is 0 Å². The Morgan fingerprint density at radius 3 is 2.69 bits per heavy atom. The average molecular weight is 477 g/mol. The van der Waals surface area contributed by atoms with Gasteiger partial charge >= 0.3 is 0 Å². The molecule has 2 atom stereocenters. The summed E-state index contributed by atoms with van der Waals surface area (Å²) >= 11 is 0. The molecule has 0 saturated carbocycles. The first kappa shape index (κ1) is 23.1. The predicted molar refractivity (Wildman–Crippen MR) is 133 cm³/mol. The van der Waals surface area contributed by atoms with Gasteiger partial charge in [0, 0.05) is 60.3 Å². The van der Waals surface area contributed by atoms with Crippen LogP contribution in [0.1, 0.15) is 38.8 Å². The summed E-state index contributed by atoms with van der Waals surface area (Å²) in [6.45, 7) is 6.16. The standard InChI is InChI=1S/C25H29FN8O/c1-15(2)23-17-9-22(28-12-19(17)18(11-29-23)16-10-30-33(4)13-16)31-21-5-7-27-24(32-21)34-8-6-20(35)25(3,26)14-34/h5,7,9-13,15,20,35H,6,8,14H2,1-4H3,(H,27,28,31,32)/t20-,25+/m1/s1. The summed E-state index contributed by atoms with van der Waals surface area (Å²) in [6, 6.07) is 3.73. The van der Waals surface area contributed by atoms with Crippen molar-refractivity contribution >= 4 is 28.4 Å². The average Bonchev–Trinajstić information content (AvgIpc) is 3.26. The molecule has 0 aromatic carbocycles. The lowest BCUT2D eigenvalue weighted by Crippen LogP contribution is -2.52. The molecule has 1 saturated heterocycles. The third-order valence-electron chi connectivity index (χ3n) is 6.41. The van der Waals surface area contributed by atoms with Crippen LogP contribution in [0.3, 0.4) is 0 Å². The Labute approximate surface area is 203 Å². The maximum Gasteiger partial charge on any atom is 0.227 e. The highest BCUT2D eigenvalue weighted by Crippen LogP contribution is 2.33. The van der Waals surface area contributed by atoms with Crippen molar-refractivity contribution in [3.05, 3.63) is 48.8 Å². The molecular formula is C25H29FN8O. The minimum atomic E-state index is -1.71. The van der Waals surface area contributed by atoms with E-state index in [0.717, 1.165) is 27.6 Å². The van der Waals surface area contributed by atoms with Crippen LogP contribution < -0.4 is 10.2 Å². The van der Waals surface area contributed by atoms with Crippen molar-refractivity contribution in [2.45, 2.75) is 44.9 Å². The predicted octanol–water partition coefficient (Wildman–Crippen LogP) is 3.99. The molecule has 182 valence electrons. The molecule has 0 radical (unpaired) electrons. The van der Waals surface area contributed by atoms with Crippen LogP contribution in [0.5, 0.6) is 0 Å². The van der Waals surface area contributed by atoms with E-state index in [1.807, 2.05) is 37.9 Å². The highest BCUT2D eigenvalue weighted by Gasteiger charge is 2.39. The molecule has 5 rings (SSSR count). The number of alkyl halides is 1. The van der Waals surface area contributed by atoms with E-state index >= 15 is 0 Å². The molecule has 2 N–H and O–H groups in total. The Kier molecular flexibility index (Phi) is 5.84. The Balaban J connectivity index is 1.47. The van der Waals surface area contributed by atoms with Gasteiger partial charge in [-0.2, -0.15) is 10.1 Å².